The molecule has 1 saturated heterocycles. The third-order valence-electron chi connectivity index (χ3n) is 6.45. The lowest BCUT2D eigenvalue weighted by molar-refractivity contribution is -0.132. The van der Waals surface area contributed by atoms with Crippen LogP contribution in [0.2, 0.25) is 0 Å². The third kappa shape index (κ3) is 5.36. The first-order valence-corrected chi connectivity index (χ1v) is 11.6. The Labute approximate surface area is 189 Å². The Kier molecular flexibility index (Phi) is 7.20. The van der Waals surface area contributed by atoms with Gasteiger partial charge < -0.3 is 15.1 Å². The van der Waals surface area contributed by atoms with Crippen molar-refractivity contribution in [3.05, 3.63) is 71.3 Å². The van der Waals surface area contributed by atoms with Crippen LogP contribution in [0.3, 0.4) is 0 Å². The summed E-state index contributed by atoms with van der Waals surface area (Å²) in [6, 6.07) is 17.5. The molecule has 2 aliphatic rings. The average molecular weight is 434 g/mol. The predicted molar refractivity (Wildman–Crippen MR) is 123 cm³/mol. The first-order chi connectivity index (χ1) is 15.6. The van der Waals surface area contributed by atoms with Gasteiger partial charge in [0, 0.05) is 44.7 Å². The minimum Gasteiger partial charge on any atom is -0.356 e. The Hall–Kier alpha value is -3.15. The van der Waals surface area contributed by atoms with Crippen LogP contribution < -0.4 is 5.32 Å². The van der Waals surface area contributed by atoms with E-state index in [4.69, 9.17) is 0 Å². The van der Waals surface area contributed by atoms with Gasteiger partial charge in [-0.25, -0.2) is 0 Å². The highest BCUT2D eigenvalue weighted by Crippen LogP contribution is 2.20. The van der Waals surface area contributed by atoms with Gasteiger partial charge in [-0.2, -0.15) is 0 Å². The molecule has 6 nitrogen and oxygen atoms in total. The Morgan fingerprint density at radius 1 is 0.906 bits per heavy atom. The van der Waals surface area contributed by atoms with Gasteiger partial charge in [0.1, 0.15) is 0 Å². The Balaban J connectivity index is 1.19. The molecule has 0 bridgehead atoms. The lowest BCUT2D eigenvalue weighted by Gasteiger charge is -2.32. The fourth-order valence-electron chi connectivity index (χ4n) is 4.60. The number of piperidine rings is 1. The second-order valence-electron chi connectivity index (χ2n) is 8.68. The smallest absolute Gasteiger partial charge is 0.253 e. The van der Waals surface area contributed by atoms with Crippen molar-refractivity contribution in [3.8, 4) is 0 Å². The zero-order valence-electron chi connectivity index (χ0n) is 18.5. The summed E-state index contributed by atoms with van der Waals surface area (Å²) in [7, 11) is 0. The highest BCUT2D eigenvalue weighted by Gasteiger charge is 2.28. The molecule has 3 amide bonds. The van der Waals surface area contributed by atoms with E-state index in [9.17, 15) is 14.4 Å². The highest BCUT2D eigenvalue weighted by molar-refractivity contribution is 5.94. The first kappa shape index (κ1) is 22.1. The molecule has 0 saturated carbocycles. The van der Waals surface area contributed by atoms with Gasteiger partial charge in [-0.15, -0.1) is 0 Å². The molecule has 1 unspecified atom stereocenters. The van der Waals surface area contributed by atoms with Crippen LogP contribution >= 0.6 is 0 Å². The summed E-state index contributed by atoms with van der Waals surface area (Å²) in [4.78, 5) is 41.6. The van der Waals surface area contributed by atoms with Crippen molar-refractivity contribution in [3.63, 3.8) is 0 Å². The van der Waals surface area contributed by atoms with Gasteiger partial charge in [-0.3, -0.25) is 14.4 Å². The van der Waals surface area contributed by atoms with Gasteiger partial charge >= 0.3 is 0 Å². The maximum atomic E-state index is 12.7. The summed E-state index contributed by atoms with van der Waals surface area (Å²) < 4.78 is 0. The molecule has 0 spiro atoms. The number of benzene rings is 2. The van der Waals surface area contributed by atoms with Crippen LogP contribution in [0.4, 0.5) is 0 Å². The van der Waals surface area contributed by atoms with E-state index < -0.39 is 0 Å². The number of hydrogen-bond acceptors (Lipinski definition) is 3. The molecular weight excluding hydrogens is 402 g/mol. The number of rotatable bonds is 6. The molecule has 1 fully saturated rings. The number of carbonyl (C=O) groups excluding carboxylic acids is 3. The highest BCUT2D eigenvalue weighted by atomic mass is 16.2. The first-order valence-electron chi connectivity index (χ1n) is 11.6. The van der Waals surface area contributed by atoms with Crippen molar-refractivity contribution in [2.45, 2.75) is 38.6 Å². The Morgan fingerprint density at radius 2 is 1.66 bits per heavy atom. The molecule has 2 aromatic rings. The van der Waals surface area contributed by atoms with E-state index in [1.165, 1.54) is 11.1 Å². The second-order valence-corrected chi connectivity index (χ2v) is 8.68. The monoisotopic (exact) mass is 433 g/mol. The fraction of sp³-hybridized carbons (Fsp3) is 0.423. The van der Waals surface area contributed by atoms with E-state index in [-0.39, 0.29) is 23.6 Å². The molecule has 168 valence electrons. The summed E-state index contributed by atoms with van der Waals surface area (Å²) in [6.45, 7) is 3.05. The molecule has 2 aromatic carbocycles. The van der Waals surface area contributed by atoms with Gasteiger partial charge in [0.05, 0.1) is 5.92 Å². The predicted octanol–water partition coefficient (Wildman–Crippen LogP) is 3.02. The lowest BCUT2D eigenvalue weighted by atomic mass is 9.96. The summed E-state index contributed by atoms with van der Waals surface area (Å²) in [5.74, 6) is -0.0801. The van der Waals surface area contributed by atoms with E-state index in [1.807, 2.05) is 47.4 Å². The van der Waals surface area contributed by atoms with Crippen molar-refractivity contribution >= 4 is 17.7 Å². The molecule has 1 atom stereocenters. The van der Waals surface area contributed by atoms with Gasteiger partial charge in [-0.05, 0) is 48.9 Å². The number of likely N-dealkylation sites (tertiary alicyclic amines) is 1. The quantitative estimate of drug-likeness (QED) is 0.712. The standard InChI is InChI=1S/C26H31N3O3/c30-24(28-17-14-20-8-4-5-11-22(20)18-28)13-6-15-27-25(31)23-12-7-16-29(19-23)26(32)21-9-2-1-3-10-21/h1-5,8-11,23H,6-7,12-19H2,(H,27,31). The van der Waals surface area contributed by atoms with E-state index in [1.54, 1.807) is 4.90 Å². The molecule has 0 radical (unpaired) electrons. The average Bonchev–Trinajstić information content (AvgIpc) is 2.86. The lowest BCUT2D eigenvalue weighted by Crippen LogP contribution is -2.45. The van der Waals surface area contributed by atoms with Crippen LogP contribution in [0, 0.1) is 5.92 Å². The van der Waals surface area contributed by atoms with Crippen molar-refractivity contribution in [2.75, 3.05) is 26.2 Å². The molecule has 0 aromatic heterocycles. The molecule has 32 heavy (non-hydrogen) atoms. The van der Waals surface area contributed by atoms with Gasteiger partial charge in [0.15, 0.2) is 0 Å². The minimum atomic E-state index is -0.189. The number of fused-ring (bicyclic) bond motifs is 1. The van der Waals surface area contributed by atoms with Crippen LogP contribution in [0.25, 0.3) is 0 Å². The van der Waals surface area contributed by atoms with E-state index in [0.29, 0.717) is 44.6 Å². The minimum absolute atomic E-state index is 0.0169. The molecular formula is C26H31N3O3. The number of carbonyl (C=O) groups is 3. The maximum absolute atomic E-state index is 12.7. The normalized spacial score (nSPS) is 18.1. The van der Waals surface area contributed by atoms with E-state index in [2.05, 4.69) is 17.4 Å². The van der Waals surface area contributed by atoms with Crippen molar-refractivity contribution in [1.82, 2.24) is 15.1 Å². The SMILES string of the molecule is O=C(NCCCC(=O)N1CCc2ccccc2C1)C1CCCN(C(=O)c2ccccc2)C1. The zero-order valence-corrected chi connectivity index (χ0v) is 18.5. The fourth-order valence-corrected chi connectivity index (χ4v) is 4.60. The molecule has 6 heteroatoms. The Morgan fingerprint density at radius 3 is 2.47 bits per heavy atom. The van der Waals surface area contributed by atoms with Crippen molar-refractivity contribution in [1.29, 1.82) is 0 Å². The number of amides is 3. The molecule has 2 aliphatic heterocycles. The van der Waals surface area contributed by atoms with Crippen molar-refractivity contribution in [2.24, 2.45) is 5.92 Å². The topological polar surface area (TPSA) is 69.7 Å². The molecule has 0 aliphatic carbocycles. The van der Waals surface area contributed by atoms with Gasteiger partial charge in [0.25, 0.3) is 5.91 Å². The third-order valence-corrected chi connectivity index (χ3v) is 6.45. The number of hydrogen-bond donors (Lipinski definition) is 1. The Bertz CT molecular complexity index is 960. The number of nitrogens with one attached hydrogen (secondary N) is 1. The molecule has 1 N–H and O–H groups in total. The van der Waals surface area contributed by atoms with Crippen LogP contribution in [0.1, 0.15) is 47.2 Å². The van der Waals surface area contributed by atoms with Crippen molar-refractivity contribution < 1.29 is 14.4 Å². The van der Waals surface area contributed by atoms with Gasteiger partial charge in [-0.1, -0.05) is 42.5 Å². The largest absolute Gasteiger partial charge is 0.356 e. The number of nitrogens with zero attached hydrogens (tertiary/aromatic N) is 2. The molecule has 2 heterocycles. The summed E-state index contributed by atoms with van der Waals surface area (Å²) in [5.41, 5.74) is 3.22. The van der Waals surface area contributed by atoms with Crippen LogP contribution in [-0.4, -0.2) is 53.7 Å². The van der Waals surface area contributed by atoms with Crippen LogP contribution in [-0.2, 0) is 22.6 Å². The summed E-state index contributed by atoms with van der Waals surface area (Å²) in [6.07, 6.45) is 3.58. The second kappa shape index (κ2) is 10.4. The van der Waals surface area contributed by atoms with Gasteiger partial charge in [0.2, 0.25) is 11.8 Å². The summed E-state index contributed by atoms with van der Waals surface area (Å²) in [5, 5.41) is 2.98. The zero-order chi connectivity index (χ0) is 22.3. The van der Waals surface area contributed by atoms with E-state index in [0.717, 1.165) is 25.8 Å². The van der Waals surface area contributed by atoms with Crippen LogP contribution in [0.15, 0.2) is 54.6 Å². The maximum Gasteiger partial charge on any atom is 0.253 e. The van der Waals surface area contributed by atoms with Crippen LogP contribution in [0.5, 0.6) is 0 Å². The van der Waals surface area contributed by atoms with E-state index >= 15 is 0 Å². The molecule has 4 rings (SSSR count). The summed E-state index contributed by atoms with van der Waals surface area (Å²) >= 11 is 0.